The van der Waals surface area contributed by atoms with Crippen LogP contribution in [0.4, 0.5) is 0 Å². The minimum absolute atomic E-state index is 0.975. The number of phosphoric acid groups is 1. The molecule has 0 aromatic heterocycles. The number of hydrogen-bond donors (Lipinski definition) is 0. The molecular weight excluding hydrogens is 510 g/mol. The van der Waals surface area contributed by atoms with Crippen LogP contribution in [-0.2, 0) is 17.9 Å². The Morgan fingerprint density at radius 1 is 0.553 bits per heavy atom. The average molecular weight is 573 g/mol. The van der Waals surface area contributed by atoms with Crippen LogP contribution < -0.4 is 5.30 Å². The van der Waals surface area contributed by atoms with Gasteiger partial charge >= 0.3 is 237 Å². The molecule has 0 saturated heterocycles. The van der Waals surface area contributed by atoms with Crippen LogP contribution in [0.25, 0.3) is 0 Å². The molecule has 1 aromatic rings. The van der Waals surface area contributed by atoms with Crippen LogP contribution in [0.3, 0.4) is 0 Å². The van der Waals surface area contributed by atoms with Gasteiger partial charge in [0.15, 0.2) is 0 Å². The molecular formula is C32H62O4P2. The van der Waals surface area contributed by atoms with E-state index in [1.54, 1.807) is 0 Å². The van der Waals surface area contributed by atoms with Crippen LogP contribution in [0.5, 0.6) is 0 Å². The van der Waals surface area contributed by atoms with E-state index in [1.807, 2.05) is 0 Å². The van der Waals surface area contributed by atoms with Crippen LogP contribution >= 0.6 is 14.7 Å². The Kier molecular flexibility index (Phi) is 19.4. The van der Waals surface area contributed by atoms with Crippen LogP contribution in [0, 0.1) is 0 Å². The summed E-state index contributed by atoms with van der Waals surface area (Å²) in [4.78, 5) is 0. The van der Waals surface area contributed by atoms with Gasteiger partial charge in [0.1, 0.15) is 0 Å². The van der Waals surface area contributed by atoms with E-state index in [0.717, 1.165) is 37.7 Å². The molecule has 4 nitrogen and oxygen atoms in total. The third-order valence-electron chi connectivity index (χ3n) is 8.26. The van der Waals surface area contributed by atoms with E-state index in [4.69, 9.17) is 13.4 Å². The van der Waals surface area contributed by atoms with Crippen LogP contribution in [0.1, 0.15) is 136 Å². The number of unbranched alkanes of at least 4 members (excludes halogenated alkanes) is 15. The summed E-state index contributed by atoms with van der Waals surface area (Å²) in [5.41, 5.74) is 0. The minimum atomic E-state index is -3.67. The summed E-state index contributed by atoms with van der Waals surface area (Å²) < 4.78 is 31.9. The van der Waals surface area contributed by atoms with Gasteiger partial charge in [-0.05, 0) is 0 Å². The molecule has 0 aliphatic rings. The van der Waals surface area contributed by atoms with Gasteiger partial charge in [0.25, 0.3) is 0 Å². The summed E-state index contributed by atoms with van der Waals surface area (Å²) in [6.07, 6.45) is 25.2. The van der Waals surface area contributed by atoms with Crippen molar-refractivity contribution in [2.24, 2.45) is 0 Å². The van der Waals surface area contributed by atoms with E-state index in [1.165, 1.54) is 116 Å². The molecule has 0 radical (unpaired) electrons. The first-order valence-electron chi connectivity index (χ1n) is 15.9. The van der Waals surface area contributed by atoms with Crippen molar-refractivity contribution < 1.29 is 17.9 Å². The first kappa shape index (κ1) is 35.8. The molecule has 0 saturated carbocycles. The van der Waals surface area contributed by atoms with E-state index < -0.39 is 14.7 Å². The van der Waals surface area contributed by atoms with Gasteiger partial charge in [-0.25, -0.2) is 0 Å². The molecule has 224 valence electrons. The first-order valence-corrected chi connectivity index (χ1v) is 20.1. The summed E-state index contributed by atoms with van der Waals surface area (Å²) in [6.45, 7) is 3.67. The van der Waals surface area contributed by atoms with E-state index in [-0.39, 0.29) is 0 Å². The molecule has 0 bridgehead atoms. The summed E-state index contributed by atoms with van der Waals surface area (Å²) in [5, 5.41) is 1.27. The Hall–Kier alpha value is -0.240. The Labute approximate surface area is 237 Å². The summed E-state index contributed by atoms with van der Waals surface area (Å²) in [6, 6.07) is 10.8. The van der Waals surface area contributed by atoms with Crippen molar-refractivity contribution in [3.63, 3.8) is 0 Å². The zero-order chi connectivity index (χ0) is 28.0. The molecule has 0 N–H and O–H groups in total. The van der Waals surface area contributed by atoms with Crippen molar-refractivity contribution in [3.05, 3.63) is 30.3 Å². The fraction of sp³-hybridized carbons (Fsp3) is 0.812. The third-order valence-corrected chi connectivity index (χ3v) is 17.3. The molecule has 0 aliphatic heterocycles. The molecule has 0 heterocycles. The fourth-order valence-electron chi connectivity index (χ4n) is 5.88. The number of benzene rings is 1. The molecule has 38 heavy (non-hydrogen) atoms. The maximum absolute atomic E-state index is 13.8. The van der Waals surface area contributed by atoms with Crippen molar-refractivity contribution in [2.75, 3.05) is 32.7 Å². The van der Waals surface area contributed by atoms with Gasteiger partial charge in [0.2, 0.25) is 0 Å². The Morgan fingerprint density at radius 2 is 0.895 bits per heavy atom. The van der Waals surface area contributed by atoms with Crippen LogP contribution in [-0.4, -0.2) is 32.7 Å². The zero-order valence-electron chi connectivity index (χ0n) is 25.8. The Bertz CT molecular complexity index is 689. The van der Waals surface area contributed by atoms with Gasteiger partial charge < -0.3 is 0 Å². The van der Waals surface area contributed by atoms with E-state index >= 15 is 0 Å². The zero-order valence-corrected chi connectivity index (χ0v) is 27.6. The molecule has 1 rings (SSSR count). The standard InChI is InChI=1S/C32H62O4P2/c1-6-9-12-15-18-24-29-38(32-27-22-21-23-28-32,36-37(33,34-4)35-5,30-25-19-16-13-10-7-2)31-26-20-17-14-11-8-3/h21-23,27-28H,6-20,24-26,29-31H2,1-5H3. The van der Waals surface area contributed by atoms with Crippen LogP contribution in [0.15, 0.2) is 30.3 Å². The first-order chi connectivity index (χ1) is 18.4. The van der Waals surface area contributed by atoms with Gasteiger partial charge in [-0.2, -0.15) is 0 Å². The second kappa shape index (κ2) is 20.6. The van der Waals surface area contributed by atoms with Crippen molar-refractivity contribution in [3.8, 4) is 0 Å². The summed E-state index contributed by atoms with van der Waals surface area (Å²) in [7, 11) is -0.728. The van der Waals surface area contributed by atoms with Crippen molar-refractivity contribution in [1.29, 1.82) is 0 Å². The third kappa shape index (κ3) is 12.5. The predicted molar refractivity (Wildman–Crippen MR) is 170 cm³/mol. The van der Waals surface area contributed by atoms with Crippen molar-refractivity contribution in [1.82, 2.24) is 0 Å². The average Bonchev–Trinajstić information content (AvgIpc) is 2.95. The van der Waals surface area contributed by atoms with E-state index in [0.29, 0.717) is 0 Å². The molecule has 0 aliphatic carbocycles. The normalized spacial score (nSPS) is 13.4. The van der Waals surface area contributed by atoms with Crippen LogP contribution in [0.2, 0.25) is 0 Å². The quantitative estimate of drug-likeness (QED) is 0.0818. The molecule has 0 amide bonds. The van der Waals surface area contributed by atoms with Gasteiger partial charge in [-0.1, -0.05) is 0 Å². The SMILES string of the molecule is CCCCCCCCP(CCCCCCCC)(CCCCCCCC)(OP(=O)(OC)OC)c1ccccc1. The number of rotatable bonds is 26. The topological polar surface area (TPSA) is 44.8 Å². The monoisotopic (exact) mass is 572 g/mol. The summed E-state index contributed by atoms with van der Waals surface area (Å²) >= 11 is 0. The Morgan fingerprint density at radius 3 is 1.24 bits per heavy atom. The molecule has 0 fully saturated rings. The van der Waals surface area contributed by atoms with Gasteiger partial charge in [-0.3, -0.25) is 0 Å². The number of phosphoric ester groups is 1. The van der Waals surface area contributed by atoms with Crippen molar-refractivity contribution >= 4 is 20.0 Å². The molecule has 1 aromatic carbocycles. The predicted octanol–water partition coefficient (Wildman–Crippen LogP) is 11.3. The van der Waals surface area contributed by atoms with Gasteiger partial charge in [0, 0.05) is 0 Å². The second-order valence-electron chi connectivity index (χ2n) is 11.3. The van der Waals surface area contributed by atoms with Gasteiger partial charge in [-0.15, -0.1) is 0 Å². The maximum atomic E-state index is 13.8. The van der Waals surface area contributed by atoms with E-state index in [9.17, 15) is 4.57 Å². The fourth-order valence-corrected chi connectivity index (χ4v) is 15.3. The summed E-state index contributed by atoms with van der Waals surface area (Å²) in [5.74, 6) is 0. The Balaban J connectivity index is 3.39. The number of hydrogen-bond acceptors (Lipinski definition) is 4. The molecule has 0 spiro atoms. The van der Waals surface area contributed by atoms with E-state index in [2.05, 4.69) is 51.1 Å². The van der Waals surface area contributed by atoms with Gasteiger partial charge in [0.05, 0.1) is 0 Å². The molecule has 0 atom stereocenters. The second-order valence-corrected chi connectivity index (χ2v) is 18.7. The molecule has 0 unspecified atom stereocenters. The van der Waals surface area contributed by atoms with Crippen molar-refractivity contribution in [2.45, 2.75) is 136 Å². The molecule has 6 heteroatoms.